The van der Waals surface area contributed by atoms with E-state index in [1.54, 1.807) is 24.3 Å². The van der Waals surface area contributed by atoms with Crippen LogP contribution in [0.3, 0.4) is 0 Å². The van der Waals surface area contributed by atoms with Crippen molar-refractivity contribution in [3.05, 3.63) is 94.0 Å². The average molecular weight is 493 g/mol. The van der Waals surface area contributed by atoms with Crippen LogP contribution in [-0.2, 0) is 6.42 Å². The molecule has 0 saturated carbocycles. The van der Waals surface area contributed by atoms with Crippen molar-refractivity contribution in [1.29, 1.82) is 0 Å². The lowest BCUT2D eigenvalue weighted by molar-refractivity contribution is 0.0794. The predicted molar refractivity (Wildman–Crippen MR) is 129 cm³/mol. The Morgan fingerprint density at radius 1 is 0.906 bits per heavy atom. The molecule has 2 amide bonds. The van der Waals surface area contributed by atoms with Crippen LogP contribution in [0, 0.1) is 0 Å². The van der Waals surface area contributed by atoms with E-state index in [2.05, 4.69) is 21.2 Å². The largest absolute Gasteiger partial charge is 0.492 e. The summed E-state index contributed by atoms with van der Waals surface area (Å²) in [6, 6.07) is 22.6. The number of halogens is 1. The molecule has 32 heavy (non-hydrogen) atoms. The van der Waals surface area contributed by atoms with Gasteiger partial charge >= 0.3 is 0 Å². The summed E-state index contributed by atoms with van der Waals surface area (Å²) in [7, 11) is 0. The first-order valence-corrected chi connectivity index (χ1v) is 11.6. The van der Waals surface area contributed by atoms with Gasteiger partial charge in [0.2, 0.25) is 0 Å². The molecule has 0 aliphatic carbocycles. The lowest BCUT2D eigenvalue weighted by Gasteiger charge is -2.18. The van der Waals surface area contributed by atoms with Gasteiger partial charge in [-0.15, -0.1) is 0 Å². The number of nitrogens with one attached hydrogen (secondary N) is 1. The zero-order valence-electron chi connectivity index (χ0n) is 17.7. The maximum Gasteiger partial charge on any atom is 0.259 e. The van der Waals surface area contributed by atoms with Crippen LogP contribution < -0.4 is 10.1 Å². The zero-order valence-corrected chi connectivity index (χ0v) is 19.3. The van der Waals surface area contributed by atoms with Crippen molar-refractivity contribution in [2.24, 2.45) is 0 Å². The molecular weight excluding hydrogens is 468 g/mol. The molecule has 1 heterocycles. The van der Waals surface area contributed by atoms with Gasteiger partial charge in [-0.25, -0.2) is 0 Å². The molecule has 1 fully saturated rings. The van der Waals surface area contributed by atoms with Crippen LogP contribution in [0.5, 0.6) is 5.75 Å². The van der Waals surface area contributed by atoms with Gasteiger partial charge in [-0.05, 0) is 48.7 Å². The summed E-state index contributed by atoms with van der Waals surface area (Å²) in [5.74, 6) is 0.139. The van der Waals surface area contributed by atoms with Gasteiger partial charge < -0.3 is 15.0 Å². The quantitative estimate of drug-likeness (QED) is 0.469. The van der Waals surface area contributed by atoms with Gasteiger partial charge in [0.1, 0.15) is 5.75 Å². The number of hydrogen-bond donors (Lipinski definition) is 1. The Morgan fingerprint density at radius 2 is 1.62 bits per heavy atom. The Kier molecular flexibility index (Phi) is 7.22. The number of para-hydroxylation sites is 1. The third kappa shape index (κ3) is 5.37. The van der Waals surface area contributed by atoms with Crippen molar-refractivity contribution in [1.82, 2.24) is 4.90 Å². The van der Waals surface area contributed by atoms with E-state index in [0.29, 0.717) is 29.2 Å². The van der Waals surface area contributed by atoms with Gasteiger partial charge in [0.15, 0.2) is 0 Å². The zero-order chi connectivity index (χ0) is 22.3. The minimum absolute atomic E-state index is 0.0491. The summed E-state index contributed by atoms with van der Waals surface area (Å²) in [5.41, 5.74) is 2.59. The molecule has 0 bridgehead atoms. The van der Waals surface area contributed by atoms with Gasteiger partial charge in [0.25, 0.3) is 11.8 Å². The number of rotatable bonds is 7. The second kappa shape index (κ2) is 10.5. The smallest absolute Gasteiger partial charge is 0.259 e. The summed E-state index contributed by atoms with van der Waals surface area (Å²) in [5, 5.41) is 2.92. The van der Waals surface area contributed by atoms with Crippen LogP contribution in [0.4, 0.5) is 5.69 Å². The lowest BCUT2D eigenvalue weighted by atomic mass is 10.1. The molecule has 0 spiro atoms. The van der Waals surface area contributed by atoms with E-state index in [4.69, 9.17) is 4.74 Å². The number of carbonyl (C=O) groups excluding carboxylic acids is 2. The van der Waals surface area contributed by atoms with Crippen molar-refractivity contribution < 1.29 is 14.3 Å². The second-order valence-electron chi connectivity index (χ2n) is 7.72. The summed E-state index contributed by atoms with van der Waals surface area (Å²) < 4.78 is 6.73. The molecular formula is C26H25BrN2O3. The van der Waals surface area contributed by atoms with E-state index in [1.807, 2.05) is 53.4 Å². The first kappa shape index (κ1) is 22.1. The normalized spacial score (nSPS) is 13.1. The van der Waals surface area contributed by atoms with E-state index >= 15 is 0 Å². The first-order valence-electron chi connectivity index (χ1n) is 10.8. The van der Waals surface area contributed by atoms with E-state index in [0.717, 1.165) is 36.8 Å². The van der Waals surface area contributed by atoms with Crippen LogP contribution in [0.1, 0.15) is 39.1 Å². The Bertz CT molecular complexity index is 1100. The molecule has 5 nitrogen and oxygen atoms in total. The van der Waals surface area contributed by atoms with Crippen LogP contribution in [0.25, 0.3) is 0 Å². The maximum absolute atomic E-state index is 13.2. The van der Waals surface area contributed by atoms with Crippen LogP contribution in [0.2, 0.25) is 0 Å². The van der Waals surface area contributed by atoms with Crippen molar-refractivity contribution in [2.45, 2.75) is 19.3 Å². The molecule has 1 aliphatic heterocycles. The number of anilines is 1. The van der Waals surface area contributed by atoms with Gasteiger partial charge in [-0.2, -0.15) is 0 Å². The SMILES string of the molecule is O=C(Nc1ccccc1C(=O)N1CCCC1)c1cc(Br)ccc1OCCc1ccccc1. The number of likely N-dealkylation sites (tertiary alicyclic amines) is 1. The number of carbonyl (C=O) groups is 2. The van der Waals surface area contributed by atoms with Gasteiger partial charge in [-0.1, -0.05) is 58.4 Å². The molecule has 164 valence electrons. The summed E-state index contributed by atoms with van der Waals surface area (Å²) >= 11 is 3.44. The highest BCUT2D eigenvalue weighted by atomic mass is 79.9. The number of hydrogen-bond acceptors (Lipinski definition) is 3. The molecule has 6 heteroatoms. The fraction of sp³-hybridized carbons (Fsp3) is 0.231. The van der Waals surface area contributed by atoms with Crippen LogP contribution >= 0.6 is 15.9 Å². The molecule has 3 aromatic carbocycles. The van der Waals surface area contributed by atoms with Gasteiger partial charge in [0, 0.05) is 24.0 Å². The van der Waals surface area contributed by atoms with E-state index in [1.165, 1.54) is 5.56 Å². The van der Waals surface area contributed by atoms with Gasteiger partial charge in [0.05, 0.1) is 23.4 Å². The molecule has 1 saturated heterocycles. The number of ether oxygens (including phenoxy) is 1. The number of benzene rings is 3. The molecule has 3 aromatic rings. The molecule has 0 radical (unpaired) electrons. The third-order valence-corrected chi connectivity index (χ3v) is 5.97. The number of nitrogens with zero attached hydrogens (tertiary/aromatic N) is 1. The molecule has 1 N–H and O–H groups in total. The predicted octanol–water partition coefficient (Wildman–Crippen LogP) is 5.56. The Balaban J connectivity index is 1.50. The second-order valence-corrected chi connectivity index (χ2v) is 8.64. The van der Waals surface area contributed by atoms with Gasteiger partial charge in [-0.3, -0.25) is 9.59 Å². The summed E-state index contributed by atoms with van der Waals surface area (Å²) in [6.45, 7) is 1.97. The fourth-order valence-electron chi connectivity index (χ4n) is 3.79. The van der Waals surface area contributed by atoms with E-state index in [9.17, 15) is 9.59 Å². The Morgan fingerprint density at radius 3 is 2.41 bits per heavy atom. The number of amides is 2. The topological polar surface area (TPSA) is 58.6 Å². The third-order valence-electron chi connectivity index (χ3n) is 5.48. The van der Waals surface area contributed by atoms with E-state index < -0.39 is 0 Å². The van der Waals surface area contributed by atoms with Crippen molar-refractivity contribution in [3.8, 4) is 5.75 Å². The van der Waals surface area contributed by atoms with E-state index in [-0.39, 0.29) is 11.8 Å². The van der Waals surface area contributed by atoms with Crippen molar-refractivity contribution >= 4 is 33.4 Å². The summed E-state index contributed by atoms with van der Waals surface area (Å²) in [6.07, 6.45) is 2.77. The molecule has 0 aromatic heterocycles. The monoisotopic (exact) mass is 492 g/mol. The average Bonchev–Trinajstić information content (AvgIpc) is 3.36. The molecule has 0 atom stereocenters. The molecule has 1 aliphatic rings. The van der Waals surface area contributed by atoms with Crippen molar-refractivity contribution in [2.75, 3.05) is 25.0 Å². The Hall–Kier alpha value is -3.12. The summed E-state index contributed by atoms with van der Waals surface area (Å²) in [4.78, 5) is 27.9. The molecule has 0 unspecified atom stereocenters. The minimum Gasteiger partial charge on any atom is -0.492 e. The highest BCUT2D eigenvalue weighted by molar-refractivity contribution is 9.10. The van der Waals surface area contributed by atoms with Crippen molar-refractivity contribution in [3.63, 3.8) is 0 Å². The Labute approximate surface area is 196 Å². The fourth-order valence-corrected chi connectivity index (χ4v) is 4.15. The lowest BCUT2D eigenvalue weighted by Crippen LogP contribution is -2.28. The highest BCUT2D eigenvalue weighted by Crippen LogP contribution is 2.26. The minimum atomic E-state index is -0.317. The van der Waals surface area contributed by atoms with Crippen LogP contribution in [0.15, 0.2) is 77.3 Å². The molecule has 4 rings (SSSR count). The van der Waals surface area contributed by atoms with Crippen LogP contribution in [-0.4, -0.2) is 36.4 Å². The highest BCUT2D eigenvalue weighted by Gasteiger charge is 2.23. The first-order chi connectivity index (χ1) is 15.6. The maximum atomic E-state index is 13.2. The standard InChI is InChI=1S/C26H25BrN2O3/c27-20-12-13-24(32-17-14-19-8-2-1-3-9-19)22(18-20)25(30)28-23-11-5-4-10-21(23)26(31)29-15-6-7-16-29/h1-5,8-13,18H,6-7,14-17H2,(H,28,30).